The average Bonchev–Trinajstić information content (AvgIpc) is 2.89. The first kappa shape index (κ1) is 22.1. The van der Waals surface area contributed by atoms with E-state index in [0.29, 0.717) is 18.8 Å². The number of likely N-dealkylation sites (N-methyl/N-ethyl adjacent to an activating group) is 1. The number of nitrogens with one attached hydrogen (secondary N) is 3. The minimum absolute atomic E-state index is 0.00860. The van der Waals surface area contributed by atoms with Crippen LogP contribution in [0.2, 0.25) is 0 Å². The summed E-state index contributed by atoms with van der Waals surface area (Å²) in [4.78, 5) is 25.9. The molecule has 5 N–H and O–H groups in total. The fourth-order valence-electron chi connectivity index (χ4n) is 2.84. The molecular weight excluding hydrogens is 364 g/mol. The third kappa shape index (κ3) is 6.75. The summed E-state index contributed by atoms with van der Waals surface area (Å²) in [6, 6.07) is 6.88. The third-order valence-electron chi connectivity index (χ3n) is 4.50. The Labute approximate surface area is 165 Å². The molecule has 1 fully saturated rings. The van der Waals surface area contributed by atoms with Crippen LogP contribution in [0.3, 0.4) is 0 Å². The van der Waals surface area contributed by atoms with Crippen LogP contribution in [-0.2, 0) is 9.53 Å². The fourth-order valence-corrected chi connectivity index (χ4v) is 2.84. The monoisotopic (exact) mass is 394 g/mol. The van der Waals surface area contributed by atoms with Crippen LogP contribution in [-0.4, -0.2) is 85.2 Å². The highest BCUT2D eigenvalue weighted by atomic mass is 16.5. The van der Waals surface area contributed by atoms with Crippen molar-refractivity contribution in [1.82, 2.24) is 15.5 Å². The highest BCUT2D eigenvalue weighted by molar-refractivity contribution is 5.89. The first-order valence-electron chi connectivity index (χ1n) is 9.31. The summed E-state index contributed by atoms with van der Waals surface area (Å²) in [6.45, 7) is 3.15. The number of anilines is 1. The SMILES string of the molecule is Cc1ccc(NC(=O)NC[C@@H]2O[C@@H](CC(=O)NCCN(C)C)[C@H](O)[C@@H]2O)cc1. The Balaban J connectivity index is 1.75. The molecule has 1 aromatic carbocycles. The maximum absolute atomic E-state index is 12.0. The molecule has 0 bridgehead atoms. The fraction of sp³-hybridized carbons (Fsp3) is 0.579. The molecule has 1 aliphatic heterocycles. The van der Waals surface area contributed by atoms with E-state index in [9.17, 15) is 19.8 Å². The number of aryl methyl sites for hydroxylation is 1. The molecule has 0 spiro atoms. The van der Waals surface area contributed by atoms with Crippen LogP contribution in [0.15, 0.2) is 24.3 Å². The van der Waals surface area contributed by atoms with Crippen LogP contribution in [0.5, 0.6) is 0 Å². The number of nitrogens with zero attached hydrogens (tertiary/aromatic N) is 1. The Hall–Kier alpha value is -2.20. The quantitative estimate of drug-likeness (QED) is 0.412. The summed E-state index contributed by atoms with van der Waals surface area (Å²) in [7, 11) is 3.80. The van der Waals surface area contributed by atoms with Gasteiger partial charge in [-0.2, -0.15) is 0 Å². The molecule has 0 radical (unpaired) electrons. The molecular formula is C19H30N4O5. The second-order valence-electron chi connectivity index (χ2n) is 7.25. The van der Waals surface area contributed by atoms with Gasteiger partial charge in [0.2, 0.25) is 5.91 Å². The number of ether oxygens (including phenoxy) is 1. The molecule has 1 saturated heterocycles. The Kier molecular flexibility index (Phi) is 8.18. The molecule has 2 rings (SSSR count). The van der Waals surface area contributed by atoms with Crippen LogP contribution in [0.25, 0.3) is 0 Å². The number of aliphatic hydroxyl groups is 2. The zero-order valence-electron chi connectivity index (χ0n) is 16.5. The van der Waals surface area contributed by atoms with Crippen molar-refractivity contribution in [3.8, 4) is 0 Å². The number of carbonyl (C=O) groups is 2. The number of benzene rings is 1. The minimum atomic E-state index is -1.19. The van der Waals surface area contributed by atoms with Crippen molar-refractivity contribution in [3.05, 3.63) is 29.8 Å². The maximum atomic E-state index is 12.0. The summed E-state index contributed by atoms with van der Waals surface area (Å²) in [5, 5.41) is 28.3. The van der Waals surface area contributed by atoms with Crippen molar-refractivity contribution >= 4 is 17.6 Å². The summed E-state index contributed by atoms with van der Waals surface area (Å²) in [5.74, 6) is -0.260. The van der Waals surface area contributed by atoms with Crippen LogP contribution in [0.4, 0.5) is 10.5 Å². The normalized spacial score (nSPS) is 24.2. The van der Waals surface area contributed by atoms with Crippen LogP contribution >= 0.6 is 0 Å². The van der Waals surface area contributed by atoms with Crippen molar-refractivity contribution in [1.29, 1.82) is 0 Å². The third-order valence-corrected chi connectivity index (χ3v) is 4.50. The van der Waals surface area contributed by atoms with Crippen molar-refractivity contribution in [2.45, 2.75) is 37.8 Å². The van der Waals surface area contributed by atoms with Gasteiger partial charge in [-0.1, -0.05) is 17.7 Å². The van der Waals surface area contributed by atoms with Gasteiger partial charge >= 0.3 is 6.03 Å². The molecule has 0 aliphatic carbocycles. The van der Waals surface area contributed by atoms with E-state index in [4.69, 9.17) is 4.74 Å². The molecule has 0 unspecified atom stereocenters. The highest BCUT2D eigenvalue weighted by Crippen LogP contribution is 2.23. The van der Waals surface area contributed by atoms with E-state index in [1.807, 2.05) is 38.1 Å². The number of hydrogen-bond donors (Lipinski definition) is 5. The molecule has 4 atom stereocenters. The molecule has 1 aliphatic rings. The van der Waals surface area contributed by atoms with E-state index < -0.39 is 30.4 Å². The lowest BCUT2D eigenvalue weighted by atomic mass is 10.1. The molecule has 28 heavy (non-hydrogen) atoms. The predicted molar refractivity (Wildman–Crippen MR) is 105 cm³/mol. The standard InChI is InChI=1S/C19H30N4O5/c1-12-4-6-13(7-5-12)22-19(27)21-11-15-18(26)17(25)14(28-15)10-16(24)20-8-9-23(2)3/h4-7,14-15,17-18,25-26H,8-11H2,1-3H3,(H,20,24)(H2,21,22,27)/t14-,15-,17-,18+/m0/s1. The zero-order chi connectivity index (χ0) is 20.7. The van der Waals surface area contributed by atoms with Crippen LogP contribution < -0.4 is 16.0 Å². The van der Waals surface area contributed by atoms with Gasteiger partial charge in [-0.15, -0.1) is 0 Å². The van der Waals surface area contributed by atoms with Crippen molar-refractivity contribution in [2.75, 3.05) is 39.0 Å². The second-order valence-corrected chi connectivity index (χ2v) is 7.25. The molecule has 156 valence electrons. The number of rotatable bonds is 8. The number of hydrogen-bond acceptors (Lipinski definition) is 6. The molecule has 1 aromatic rings. The van der Waals surface area contributed by atoms with E-state index in [2.05, 4.69) is 16.0 Å². The zero-order valence-corrected chi connectivity index (χ0v) is 16.5. The van der Waals surface area contributed by atoms with Gasteiger partial charge in [0, 0.05) is 25.3 Å². The largest absolute Gasteiger partial charge is 0.388 e. The van der Waals surface area contributed by atoms with Crippen LogP contribution in [0.1, 0.15) is 12.0 Å². The van der Waals surface area contributed by atoms with E-state index in [-0.39, 0.29) is 18.9 Å². The summed E-state index contributed by atoms with van der Waals surface area (Å²) in [5.41, 5.74) is 1.72. The van der Waals surface area contributed by atoms with Crippen molar-refractivity contribution in [2.24, 2.45) is 0 Å². The molecule has 0 aromatic heterocycles. The van der Waals surface area contributed by atoms with Gasteiger partial charge in [0.1, 0.15) is 18.3 Å². The first-order chi connectivity index (χ1) is 13.3. The van der Waals surface area contributed by atoms with Gasteiger partial charge in [0.25, 0.3) is 0 Å². The van der Waals surface area contributed by atoms with Crippen molar-refractivity contribution < 1.29 is 24.5 Å². The van der Waals surface area contributed by atoms with Gasteiger partial charge in [-0.25, -0.2) is 4.79 Å². The summed E-state index contributed by atoms with van der Waals surface area (Å²) < 4.78 is 5.59. The summed E-state index contributed by atoms with van der Waals surface area (Å²) >= 11 is 0. The molecule has 3 amide bonds. The Bertz CT molecular complexity index is 652. The summed E-state index contributed by atoms with van der Waals surface area (Å²) in [6.07, 6.45) is -4.04. The minimum Gasteiger partial charge on any atom is -0.388 e. The van der Waals surface area contributed by atoms with Gasteiger partial charge in [0.05, 0.1) is 12.5 Å². The Morgan fingerprint density at radius 2 is 1.71 bits per heavy atom. The lowest BCUT2D eigenvalue weighted by molar-refractivity contribution is -0.125. The Morgan fingerprint density at radius 3 is 2.36 bits per heavy atom. The van der Waals surface area contributed by atoms with Gasteiger partial charge in [0.15, 0.2) is 0 Å². The van der Waals surface area contributed by atoms with E-state index in [0.717, 1.165) is 5.56 Å². The molecule has 9 nitrogen and oxygen atoms in total. The van der Waals surface area contributed by atoms with E-state index in [1.54, 1.807) is 12.1 Å². The highest BCUT2D eigenvalue weighted by Gasteiger charge is 2.43. The van der Waals surface area contributed by atoms with E-state index in [1.165, 1.54) is 0 Å². The van der Waals surface area contributed by atoms with E-state index >= 15 is 0 Å². The average molecular weight is 394 g/mol. The predicted octanol–water partition coefficient (Wildman–Crippen LogP) is -0.326. The number of urea groups is 1. The number of amides is 3. The second kappa shape index (κ2) is 10.4. The van der Waals surface area contributed by atoms with Crippen LogP contribution in [0, 0.1) is 6.92 Å². The van der Waals surface area contributed by atoms with Gasteiger partial charge < -0.3 is 35.8 Å². The Morgan fingerprint density at radius 1 is 1.07 bits per heavy atom. The molecule has 0 saturated carbocycles. The van der Waals surface area contributed by atoms with Crippen molar-refractivity contribution in [3.63, 3.8) is 0 Å². The molecule has 1 heterocycles. The number of carbonyl (C=O) groups excluding carboxylic acids is 2. The van der Waals surface area contributed by atoms with Gasteiger partial charge in [-0.05, 0) is 33.2 Å². The lowest BCUT2D eigenvalue weighted by Gasteiger charge is -2.16. The smallest absolute Gasteiger partial charge is 0.319 e. The topological polar surface area (TPSA) is 123 Å². The number of aliphatic hydroxyl groups excluding tert-OH is 2. The lowest BCUT2D eigenvalue weighted by Crippen LogP contribution is -2.41. The maximum Gasteiger partial charge on any atom is 0.319 e. The molecule has 9 heteroatoms. The van der Waals surface area contributed by atoms with Gasteiger partial charge in [-0.3, -0.25) is 4.79 Å². The first-order valence-corrected chi connectivity index (χ1v) is 9.31.